The molecule has 2 amide bonds. The molecule has 1 unspecified atom stereocenters. The molecule has 1 aromatic carbocycles. The van der Waals surface area contributed by atoms with Crippen molar-refractivity contribution in [2.45, 2.75) is 24.9 Å². The van der Waals surface area contributed by atoms with Crippen LogP contribution in [0.5, 0.6) is 0 Å². The van der Waals surface area contributed by atoms with Crippen LogP contribution in [0, 0.1) is 0 Å². The van der Waals surface area contributed by atoms with Crippen LogP contribution < -0.4 is 11.1 Å². The van der Waals surface area contributed by atoms with Crippen molar-refractivity contribution in [2.75, 3.05) is 25.1 Å². The highest BCUT2D eigenvalue weighted by molar-refractivity contribution is 7.98. The molecule has 1 heterocycles. The molecule has 0 aliphatic carbocycles. The van der Waals surface area contributed by atoms with E-state index in [9.17, 15) is 9.59 Å². The van der Waals surface area contributed by atoms with E-state index in [-0.39, 0.29) is 30.3 Å². The number of nitrogens with two attached hydrogens (primary N) is 1. The van der Waals surface area contributed by atoms with Gasteiger partial charge < -0.3 is 16.0 Å². The van der Waals surface area contributed by atoms with Gasteiger partial charge in [0.2, 0.25) is 5.91 Å². The highest BCUT2D eigenvalue weighted by Crippen LogP contribution is 2.16. The molecule has 5 nitrogen and oxygen atoms in total. The standard InChI is InChI=1S/C16H22ClN3O2S.ClH/c1-23-9-7-14(16(22)20-8-6-11(18)10-20)19-15(21)12-4-2-3-5-13(12)17;/h2-5,11,14H,6-10,18H2,1H3,(H,19,21);1H/t11-,14?;/m1./s1. The Morgan fingerprint density at radius 2 is 2.17 bits per heavy atom. The fourth-order valence-electron chi connectivity index (χ4n) is 2.58. The van der Waals surface area contributed by atoms with Gasteiger partial charge in [-0.3, -0.25) is 9.59 Å². The monoisotopic (exact) mass is 391 g/mol. The average Bonchev–Trinajstić information content (AvgIpc) is 2.97. The van der Waals surface area contributed by atoms with E-state index < -0.39 is 6.04 Å². The largest absolute Gasteiger partial charge is 0.340 e. The molecule has 2 atom stereocenters. The smallest absolute Gasteiger partial charge is 0.253 e. The molecule has 1 aromatic rings. The van der Waals surface area contributed by atoms with Crippen molar-refractivity contribution in [2.24, 2.45) is 5.73 Å². The number of likely N-dealkylation sites (tertiary alicyclic amines) is 1. The predicted molar refractivity (Wildman–Crippen MR) is 102 cm³/mol. The van der Waals surface area contributed by atoms with Gasteiger partial charge in [0.05, 0.1) is 10.6 Å². The van der Waals surface area contributed by atoms with Gasteiger partial charge in [0.25, 0.3) is 5.91 Å². The van der Waals surface area contributed by atoms with Crippen molar-refractivity contribution in [1.82, 2.24) is 10.2 Å². The van der Waals surface area contributed by atoms with E-state index in [0.717, 1.165) is 12.2 Å². The quantitative estimate of drug-likeness (QED) is 0.778. The molecule has 2 rings (SSSR count). The molecule has 24 heavy (non-hydrogen) atoms. The van der Waals surface area contributed by atoms with E-state index in [0.29, 0.717) is 30.1 Å². The average molecular weight is 392 g/mol. The number of hydrogen-bond acceptors (Lipinski definition) is 4. The molecular formula is C16H23Cl2N3O2S. The van der Waals surface area contributed by atoms with Crippen molar-refractivity contribution in [3.8, 4) is 0 Å². The number of halogens is 2. The first-order valence-electron chi connectivity index (χ1n) is 7.61. The van der Waals surface area contributed by atoms with Crippen molar-refractivity contribution in [3.05, 3.63) is 34.9 Å². The second kappa shape index (κ2) is 10.1. The number of carbonyl (C=O) groups excluding carboxylic acids is 2. The lowest BCUT2D eigenvalue weighted by atomic mass is 10.1. The van der Waals surface area contributed by atoms with Gasteiger partial charge in [-0.2, -0.15) is 11.8 Å². The first-order valence-corrected chi connectivity index (χ1v) is 9.38. The highest BCUT2D eigenvalue weighted by atomic mass is 35.5. The van der Waals surface area contributed by atoms with E-state index in [1.165, 1.54) is 0 Å². The predicted octanol–water partition coefficient (Wildman–Crippen LogP) is 2.17. The van der Waals surface area contributed by atoms with Gasteiger partial charge in [0.15, 0.2) is 0 Å². The maximum Gasteiger partial charge on any atom is 0.253 e. The number of nitrogens with zero attached hydrogens (tertiary/aromatic N) is 1. The van der Waals surface area contributed by atoms with Crippen LogP contribution >= 0.6 is 35.8 Å². The van der Waals surface area contributed by atoms with E-state index in [1.807, 2.05) is 6.26 Å². The minimum Gasteiger partial charge on any atom is -0.340 e. The van der Waals surface area contributed by atoms with Gasteiger partial charge in [-0.05, 0) is 37.0 Å². The number of rotatable bonds is 6. The maximum atomic E-state index is 12.7. The summed E-state index contributed by atoms with van der Waals surface area (Å²) in [4.78, 5) is 26.8. The van der Waals surface area contributed by atoms with Crippen LogP contribution in [-0.2, 0) is 4.79 Å². The summed E-state index contributed by atoms with van der Waals surface area (Å²) in [5.74, 6) is 0.407. The third-order valence-electron chi connectivity index (χ3n) is 3.87. The minimum atomic E-state index is -0.545. The minimum absolute atomic E-state index is 0. The molecule has 1 saturated heterocycles. The fraction of sp³-hybridized carbons (Fsp3) is 0.500. The van der Waals surface area contributed by atoms with Gasteiger partial charge >= 0.3 is 0 Å². The summed E-state index contributed by atoms with van der Waals surface area (Å²) in [6.45, 7) is 1.20. The van der Waals surface area contributed by atoms with Crippen molar-refractivity contribution < 1.29 is 9.59 Å². The third-order valence-corrected chi connectivity index (χ3v) is 4.84. The number of nitrogens with one attached hydrogen (secondary N) is 1. The topological polar surface area (TPSA) is 75.4 Å². The van der Waals surface area contributed by atoms with Crippen molar-refractivity contribution in [1.29, 1.82) is 0 Å². The summed E-state index contributed by atoms with van der Waals surface area (Å²) in [7, 11) is 0. The Labute approximate surface area is 158 Å². The number of hydrogen-bond donors (Lipinski definition) is 2. The van der Waals surface area contributed by atoms with E-state index >= 15 is 0 Å². The van der Waals surface area contributed by atoms with Crippen LogP contribution in [-0.4, -0.2) is 53.9 Å². The Kier molecular flexibility index (Phi) is 8.91. The zero-order valence-corrected chi connectivity index (χ0v) is 15.9. The van der Waals surface area contributed by atoms with Gasteiger partial charge in [-0.25, -0.2) is 0 Å². The molecule has 1 aliphatic rings. The van der Waals surface area contributed by atoms with Crippen LogP contribution in [0.25, 0.3) is 0 Å². The number of amides is 2. The second-order valence-corrected chi connectivity index (χ2v) is 7.01. The van der Waals surface area contributed by atoms with Crippen LogP contribution in [0.3, 0.4) is 0 Å². The molecule has 0 radical (unpaired) electrons. The van der Waals surface area contributed by atoms with Gasteiger partial charge in [0, 0.05) is 19.1 Å². The molecule has 1 fully saturated rings. The SMILES string of the molecule is CSCCC(NC(=O)c1ccccc1Cl)C(=O)N1CC[C@@H](N)C1.Cl. The van der Waals surface area contributed by atoms with Gasteiger partial charge in [-0.1, -0.05) is 23.7 Å². The molecule has 0 spiro atoms. The fourth-order valence-corrected chi connectivity index (χ4v) is 3.28. The van der Waals surface area contributed by atoms with Gasteiger partial charge in [-0.15, -0.1) is 12.4 Å². The van der Waals surface area contributed by atoms with E-state index in [4.69, 9.17) is 17.3 Å². The molecule has 3 N–H and O–H groups in total. The summed E-state index contributed by atoms with van der Waals surface area (Å²) in [5, 5.41) is 3.21. The number of benzene rings is 1. The highest BCUT2D eigenvalue weighted by Gasteiger charge is 2.30. The Bertz CT molecular complexity index is 574. The van der Waals surface area contributed by atoms with Crippen molar-refractivity contribution >= 4 is 47.6 Å². The zero-order chi connectivity index (χ0) is 16.8. The molecule has 134 valence electrons. The zero-order valence-electron chi connectivity index (χ0n) is 13.5. The lowest BCUT2D eigenvalue weighted by Gasteiger charge is -2.24. The van der Waals surface area contributed by atoms with Crippen molar-refractivity contribution in [3.63, 3.8) is 0 Å². The number of thioether (sulfide) groups is 1. The normalized spacial score (nSPS) is 18.0. The number of carbonyl (C=O) groups is 2. The van der Waals surface area contributed by atoms with Gasteiger partial charge in [0.1, 0.15) is 6.04 Å². The maximum absolute atomic E-state index is 12.7. The molecule has 0 aromatic heterocycles. The molecule has 8 heteroatoms. The van der Waals surface area contributed by atoms with Crippen LogP contribution in [0.1, 0.15) is 23.2 Å². The summed E-state index contributed by atoms with van der Waals surface area (Å²) in [5.41, 5.74) is 6.26. The Morgan fingerprint density at radius 1 is 1.46 bits per heavy atom. The van der Waals surface area contributed by atoms with E-state index in [2.05, 4.69) is 5.32 Å². The Hall–Kier alpha value is -0.950. The Morgan fingerprint density at radius 3 is 2.75 bits per heavy atom. The second-order valence-electron chi connectivity index (χ2n) is 5.62. The Balaban J connectivity index is 0.00000288. The summed E-state index contributed by atoms with van der Waals surface area (Å²) in [6.07, 6.45) is 3.37. The third kappa shape index (κ3) is 5.55. The lowest BCUT2D eigenvalue weighted by Crippen LogP contribution is -2.48. The van der Waals surface area contributed by atoms with Crippen LogP contribution in [0.2, 0.25) is 5.02 Å². The van der Waals surface area contributed by atoms with Crippen LogP contribution in [0.15, 0.2) is 24.3 Å². The summed E-state index contributed by atoms with van der Waals surface area (Å²) >= 11 is 7.70. The summed E-state index contributed by atoms with van der Waals surface area (Å²) < 4.78 is 0. The molecule has 0 bridgehead atoms. The lowest BCUT2D eigenvalue weighted by molar-refractivity contribution is -0.132. The first-order chi connectivity index (χ1) is 11.0. The van der Waals surface area contributed by atoms with E-state index in [1.54, 1.807) is 40.9 Å². The van der Waals surface area contributed by atoms with Crippen LogP contribution in [0.4, 0.5) is 0 Å². The summed E-state index contributed by atoms with van der Waals surface area (Å²) in [6, 6.07) is 6.31. The molecule has 1 aliphatic heterocycles. The molecule has 0 saturated carbocycles. The first kappa shape index (κ1) is 21.1. The molecular weight excluding hydrogens is 369 g/mol.